The monoisotopic (exact) mass is 361 g/mol. The van der Waals surface area contributed by atoms with Gasteiger partial charge >= 0.3 is 0 Å². The molecular formula is C12H9BrClNO3S. The van der Waals surface area contributed by atoms with E-state index in [-0.39, 0.29) is 17.0 Å². The maximum atomic E-state index is 11.5. The van der Waals surface area contributed by atoms with Gasteiger partial charge in [0.15, 0.2) is 0 Å². The van der Waals surface area contributed by atoms with Gasteiger partial charge in [-0.1, -0.05) is 22.5 Å². The molecule has 0 aliphatic rings. The first-order chi connectivity index (χ1) is 8.89. The maximum Gasteiger partial charge on any atom is 0.263 e. The molecular weight excluding hydrogens is 354 g/mol. The van der Waals surface area contributed by atoms with E-state index in [1.807, 2.05) is 0 Å². The van der Waals surface area contributed by atoms with Crippen molar-refractivity contribution >= 4 is 46.6 Å². The molecule has 100 valence electrons. The number of pyridine rings is 1. The average molecular weight is 363 g/mol. The first-order valence-corrected chi connectivity index (χ1v) is 8.28. The lowest BCUT2D eigenvalue weighted by Gasteiger charge is -2.10. The predicted molar refractivity (Wildman–Crippen MR) is 78.3 cm³/mol. The number of hydrogen-bond acceptors (Lipinski definition) is 4. The molecule has 0 bridgehead atoms. The number of aromatic nitrogens is 1. The number of fused-ring (bicyclic) bond motifs is 1. The van der Waals surface area contributed by atoms with Crippen LogP contribution in [-0.2, 0) is 9.05 Å². The Kier molecular flexibility index (Phi) is 4.13. The Bertz CT molecular complexity index is 746. The minimum absolute atomic E-state index is 0.0326. The number of halogens is 2. The first kappa shape index (κ1) is 14.3. The molecule has 1 aromatic carbocycles. The van der Waals surface area contributed by atoms with Gasteiger partial charge in [-0.25, -0.2) is 8.42 Å². The Morgan fingerprint density at radius 1 is 1.42 bits per heavy atom. The summed E-state index contributed by atoms with van der Waals surface area (Å²) in [5.41, 5.74) is 0.287. The van der Waals surface area contributed by atoms with Crippen LogP contribution in [0.5, 0.6) is 5.75 Å². The average Bonchev–Trinajstić information content (AvgIpc) is 2.34. The van der Waals surface area contributed by atoms with Gasteiger partial charge in [0.25, 0.3) is 9.05 Å². The third-order valence-electron chi connectivity index (χ3n) is 2.34. The summed E-state index contributed by atoms with van der Waals surface area (Å²) in [6.45, 7) is 3.94. The Morgan fingerprint density at radius 3 is 2.79 bits per heavy atom. The molecule has 19 heavy (non-hydrogen) atoms. The second kappa shape index (κ2) is 5.48. The molecule has 0 amide bonds. The molecule has 0 N–H and O–H groups in total. The minimum atomic E-state index is -3.85. The third kappa shape index (κ3) is 3.26. The van der Waals surface area contributed by atoms with E-state index in [0.717, 1.165) is 0 Å². The Hall–Kier alpha value is -1.11. The topological polar surface area (TPSA) is 56.3 Å². The van der Waals surface area contributed by atoms with Gasteiger partial charge in [-0.3, -0.25) is 4.98 Å². The molecule has 4 nitrogen and oxygen atoms in total. The summed E-state index contributed by atoms with van der Waals surface area (Å²) in [4.78, 5) is 4.03. The number of ether oxygens (including phenoxy) is 1. The van der Waals surface area contributed by atoms with E-state index in [0.29, 0.717) is 15.6 Å². The largest absolute Gasteiger partial charge is 0.488 e. The van der Waals surface area contributed by atoms with Gasteiger partial charge in [-0.2, -0.15) is 0 Å². The number of benzene rings is 1. The molecule has 0 aliphatic heterocycles. The smallest absolute Gasteiger partial charge is 0.263 e. The Labute approximate surface area is 123 Å². The van der Waals surface area contributed by atoms with E-state index in [9.17, 15) is 8.42 Å². The lowest BCUT2D eigenvalue weighted by Crippen LogP contribution is -2.00. The van der Waals surface area contributed by atoms with Gasteiger partial charge in [-0.15, -0.1) is 0 Å². The van der Waals surface area contributed by atoms with E-state index in [4.69, 9.17) is 15.4 Å². The highest BCUT2D eigenvalue weighted by molar-refractivity contribution is 9.11. The fourth-order valence-corrected chi connectivity index (χ4v) is 2.71. The number of nitrogens with zero attached hydrogens (tertiary/aromatic N) is 1. The highest BCUT2D eigenvalue weighted by Crippen LogP contribution is 2.31. The van der Waals surface area contributed by atoms with E-state index in [1.54, 1.807) is 18.2 Å². The standard InChI is InChI=1S/C12H9BrClNO3S/c1-8(13)7-18-10-4-5-11(19(14,16)17)12-9(10)3-2-6-15-12/h2-6H,1,7H2. The number of hydrogen-bond donors (Lipinski definition) is 0. The van der Waals surface area contributed by atoms with Gasteiger partial charge in [-0.05, 0) is 24.3 Å². The van der Waals surface area contributed by atoms with Crippen molar-refractivity contribution in [1.29, 1.82) is 0 Å². The van der Waals surface area contributed by atoms with Crippen LogP contribution in [0.1, 0.15) is 0 Å². The molecule has 0 fully saturated rings. The highest BCUT2D eigenvalue weighted by Gasteiger charge is 2.17. The zero-order valence-corrected chi connectivity index (χ0v) is 12.8. The van der Waals surface area contributed by atoms with Crippen molar-refractivity contribution in [2.75, 3.05) is 6.61 Å². The lowest BCUT2D eigenvalue weighted by molar-refractivity contribution is 0.365. The van der Waals surface area contributed by atoms with Gasteiger partial charge in [0.2, 0.25) is 0 Å². The Morgan fingerprint density at radius 2 is 2.16 bits per heavy atom. The predicted octanol–water partition coefficient (Wildman–Crippen LogP) is 3.45. The molecule has 1 aromatic heterocycles. The molecule has 0 aliphatic carbocycles. The quantitative estimate of drug-likeness (QED) is 0.782. The zero-order chi connectivity index (χ0) is 14.0. The van der Waals surface area contributed by atoms with Crippen LogP contribution in [0.25, 0.3) is 10.9 Å². The van der Waals surface area contributed by atoms with Crippen LogP contribution in [0.15, 0.2) is 46.4 Å². The van der Waals surface area contributed by atoms with Crippen LogP contribution in [0.4, 0.5) is 0 Å². The van der Waals surface area contributed by atoms with Crippen molar-refractivity contribution in [3.63, 3.8) is 0 Å². The van der Waals surface area contributed by atoms with E-state index in [2.05, 4.69) is 27.5 Å². The summed E-state index contributed by atoms with van der Waals surface area (Å²) in [5, 5.41) is 0.581. The van der Waals surface area contributed by atoms with Gasteiger partial charge in [0, 0.05) is 26.7 Å². The SMILES string of the molecule is C=C(Br)COc1ccc(S(=O)(=O)Cl)c2ncccc12. The zero-order valence-electron chi connectivity index (χ0n) is 9.64. The van der Waals surface area contributed by atoms with Crippen molar-refractivity contribution in [1.82, 2.24) is 4.98 Å². The fraction of sp³-hybridized carbons (Fsp3) is 0.0833. The van der Waals surface area contributed by atoms with Gasteiger partial charge in [0.1, 0.15) is 17.3 Å². The molecule has 1 heterocycles. The van der Waals surface area contributed by atoms with Crippen LogP contribution in [0.3, 0.4) is 0 Å². The summed E-state index contributed by atoms with van der Waals surface area (Å²) in [7, 11) is 1.54. The summed E-state index contributed by atoms with van der Waals surface area (Å²) < 4.78 is 29.2. The lowest BCUT2D eigenvalue weighted by atomic mass is 10.2. The van der Waals surface area contributed by atoms with Crippen molar-refractivity contribution in [3.8, 4) is 5.75 Å². The third-order valence-corrected chi connectivity index (χ3v) is 3.92. The van der Waals surface area contributed by atoms with Crippen LogP contribution in [0, 0.1) is 0 Å². The Balaban J connectivity index is 2.62. The van der Waals surface area contributed by atoms with E-state index < -0.39 is 9.05 Å². The minimum Gasteiger partial charge on any atom is -0.488 e. The van der Waals surface area contributed by atoms with Crippen molar-refractivity contribution in [3.05, 3.63) is 41.5 Å². The van der Waals surface area contributed by atoms with Crippen LogP contribution in [-0.4, -0.2) is 20.0 Å². The molecule has 7 heteroatoms. The fourth-order valence-electron chi connectivity index (χ4n) is 1.60. The molecule has 0 unspecified atom stereocenters. The maximum absolute atomic E-state index is 11.5. The summed E-state index contributed by atoms with van der Waals surface area (Å²) >= 11 is 3.19. The van der Waals surface area contributed by atoms with E-state index in [1.165, 1.54) is 12.3 Å². The molecule has 2 aromatic rings. The van der Waals surface area contributed by atoms with Crippen LogP contribution in [0.2, 0.25) is 0 Å². The molecule has 0 atom stereocenters. The molecule has 0 spiro atoms. The number of rotatable bonds is 4. The van der Waals surface area contributed by atoms with Crippen LogP contribution >= 0.6 is 26.6 Å². The normalized spacial score (nSPS) is 11.5. The summed E-state index contributed by atoms with van der Waals surface area (Å²) in [6, 6.07) is 6.35. The van der Waals surface area contributed by atoms with Gasteiger partial charge < -0.3 is 4.74 Å². The second-order valence-electron chi connectivity index (χ2n) is 3.71. The van der Waals surface area contributed by atoms with Crippen molar-refractivity contribution in [2.24, 2.45) is 0 Å². The summed E-state index contributed by atoms with van der Waals surface area (Å²) in [6.07, 6.45) is 1.50. The molecule has 0 saturated heterocycles. The molecule has 2 rings (SSSR count). The van der Waals surface area contributed by atoms with Gasteiger partial charge in [0.05, 0.1) is 5.52 Å². The molecule has 0 saturated carbocycles. The van der Waals surface area contributed by atoms with Crippen molar-refractivity contribution in [2.45, 2.75) is 4.90 Å². The highest BCUT2D eigenvalue weighted by atomic mass is 79.9. The second-order valence-corrected chi connectivity index (χ2v) is 7.36. The summed E-state index contributed by atoms with van der Waals surface area (Å²) in [5.74, 6) is 0.521. The van der Waals surface area contributed by atoms with E-state index >= 15 is 0 Å². The molecule has 0 radical (unpaired) electrons. The first-order valence-electron chi connectivity index (χ1n) is 5.18. The van der Waals surface area contributed by atoms with Crippen molar-refractivity contribution < 1.29 is 13.2 Å². The van der Waals surface area contributed by atoms with Crippen LogP contribution < -0.4 is 4.74 Å².